The Balaban J connectivity index is 1.90. The van der Waals surface area contributed by atoms with Crippen molar-refractivity contribution in [1.29, 1.82) is 0 Å². The van der Waals surface area contributed by atoms with E-state index in [9.17, 15) is 18.0 Å². The quantitative estimate of drug-likeness (QED) is 0.462. The number of ether oxygens (including phenoxy) is 2. The maximum Gasteiger partial charge on any atom is 0.244 e. The summed E-state index contributed by atoms with van der Waals surface area (Å²) in [6, 6.07) is 11.3. The summed E-state index contributed by atoms with van der Waals surface area (Å²) in [6.45, 7) is 6.47. The van der Waals surface area contributed by atoms with Crippen LogP contribution in [0.4, 0.5) is 5.69 Å². The molecule has 0 aliphatic carbocycles. The second-order valence-electron chi connectivity index (χ2n) is 9.06. The number of carbonyl (C=O) groups excluding carboxylic acids is 2. The maximum atomic E-state index is 13.6. The zero-order valence-electron chi connectivity index (χ0n) is 20.9. The van der Waals surface area contributed by atoms with Crippen molar-refractivity contribution >= 4 is 43.5 Å². The highest BCUT2D eigenvalue weighted by atomic mass is 79.9. The maximum absolute atomic E-state index is 13.6. The van der Waals surface area contributed by atoms with Crippen molar-refractivity contribution in [2.45, 2.75) is 33.4 Å². The molecule has 1 unspecified atom stereocenters. The summed E-state index contributed by atoms with van der Waals surface area (Å²) >= 11 is 3.43. The van der Waals surface area contributed by atoms with Gasteiger partial charge in [0.25, 0.3) is 0 Å². The van der Waals surface area contributed by atoms with Crippen molar-refractivity contribution in [3.05, 3.63) is 52.5 Å². The smallest absolute Gasteiger partial charge is 0.244 e. The summed E-state index contributed by atoms with van der Waals surface area (Å²) < 4.78 is 38.4. The van der Waals surface area contributed by atoms with Crippen LogP contribution in [-0.2, 0) is 26.2 Å². The average Bonchev–Trinajstić information content (AvgIpc) is 2.82. The Labute approximate surface area is 220 Å². The van der Waals surface area contributed by atoms with Gasteiger partial charge in [0.05, 0.1) is 11.9 Å². The summed E-state index contributed by atoms with van der Waals surface area (Å²) in [6.07, 6.45) is 1.04. The molecule has 2 aromatic rings. The van der Waals surface area contributed by atoms with Gasteiger partial charge in [-0.15, -0.1) is 0 Å². The van der Waals surface area contributed by atoms with Crippen LogP contribution in [0.25, 0.3) is 0 Å². The number of hydrogen-bond acceptors (Lipinski definition) is 6. The topological polar surface area (TPSA) is 105 Å². The third-order valence-corrected chi connectivity index (χ3v) is 7.22. The van der Waals surface area contributed by atoms with Gasteiger partial charge in [-0.2, -0.15) is 0 Å². The van der Waals surface area contributed by atoms with Gasteiger partial charge in [-0.25, -0.2) is 8.42 Å². The van der Waals surface area contributed by atoms with Gasteiger partial charge in [-0.3, -0.25) is 13.9 Å². The molecule has 0 radical (unpaired) electrons. The minimum absolute atomic E-state index is 0.132. The van der Waals surface area contributed by atoms with Gasteiger partial charge in [0, 0.05) is 23.6 Å². The van der Waals surface area contributed by atoms with Crippen molar-refractivity contribution in [2.75, 3.05) is 36.9 Å². The normalized spacial score (nSPS) is 13.7. The minimum atomic E-state index is -3.84. The Bertz CT molecular complexity index is 1200. The molecular formula is C25H32BrN3O6S. The molecule has 0 saturated carbocycles. The number of nitrogens with one attached hydrogen (secondary N) is 1. The standard InChI is InChI=1S/C25H32BrN3O6S/c1-17(2)14-27-25(31)18(3)28(15-19-6-5-7-20(26)12-19)24(30)16-29(36(4,32)33)21-8-9-22-23(13-21)35-11-10-34-22/h5-9,12-13,17-18H,10-11,14-16H2,1-4H3,(H,27,31). The second kappa shape index (κ2) is 12.0. The van der Waals surface area contributed by atoms with Crippen LogP contribution in [0, 0.1) is 5.92 Å². The van der Waals surface area contributed by atoms with E-state index in [1.165, 1.54) is 4.90 Å². The highest BCUT2D eigenvalue weighted by Crippen LogP contribution is 2.34. The summed E-state index contributed by atoms with van der Waals surface area (Å²) in [5.41, 5.74) is 1.07. The van der Waals surface area contributed by atoms with E-state index < -0.39 is 28.5 Å². The number of amides is 2. The summed E-state index contributed by atoms with van der Waals surface area (Å²) in [5.74, 6) is 0.342. The lowest BCUT2D eigenvalue weighted by molar-refractivity contribution is -0.139. The number of rotatable bonds is 10. The first-order chi connectivity index (χ1) is 17.0. The van der Waals surface area contributed by atoms with E-state index in [0.29, 0.717) is 31.3 Å². The number of anilines is 1. The van der Waals surface area contributed by atoms with Gasteiger partial charge < -0.3 is 19.7 Å². The molecule has 196 valence electrons. The number of carbonyl (C=O) groups is 2. The summed E-state index contributed by atoms with van der Waals surface area (Å²) in [4.78, 5) is 27.9. The molecule has 0 bridgehead atoms. The lowest BCUT2D eigenvalue weighted by Gasteiger charge is -2.32. The predicted octanol–water partition coefficient (Wildman–Crippen LogP) is 3.18. The van der Waals surface area contributed by atoms with Crippen LogP contribution < -0.4 is 19.1 Å². The fourth-order valence-corrected chi connectivity index (χ4v) is 4.96. The van der Waals surface area contributed by atoms with E-state index in [1.807, 2.05) is 38.1 Å². The van der Waals surface area contributed by atoms with E-state index in [4.69, 9.17) is 9.47 Å². The van der Waals surface area contributed by atoms with Gasteiger partial charge in [0.1, 0.15) is 25.8 Å². The minimum Gasteiger partial charge on any atom is -0.486 e. The van der Waals surface area contributed by atoms with Crippen LogP contribution >= 0.6 is 15.9 Å². The molecule has 11 heteroatoms. The molecule has 0 saturated heterocycles. The largest absolute Gasteiger partial charge is 0.486 e. The number of fused-ring (bicyclic) bond motifs is 1. The fraction of sp³-hybridized carbons (Fsp3) is 0.440. The van der Waals surface area contributed by atoms with Gasteiger partial charge in [0.2, 0.25) is 21.8 Å². The molecule has 0 spiro atoms. The lowest BCUT2D eigenvalue weighted by Crippen LogP contribution is -2.51. The molecule has 2 aromatic carbocycles. The van der Waals surface area contributed by atoms with E-state index >= 15 is 0 Å². The highest BCUT2D eigenvalue weighted by molar-refractivity contribution is 9.10. The monoisotopic (exact) mass is 581 g/mol. The number of hydrogen-bond donors (Lipinski definition) is 1. The van der Waals surface area contributed by atoms with Crippen LogP contribution in [0.5, 0.6) is 11.5 Å². The van der Waals surface area contributed by atoms with Gasteiger partial charge >= 0.3 is 0 Å². The van der Waals surface area contributed by atoms with Crippen LogP contribution in [0.15, 0.2) is 46.9 Å². The zero-order valence-corrected chi connectivity index (χ0v) is 23.3. The van der Waals surface area contributed by atoms with E-state index in [-0.39, 0.29) is 24.1 Å². The van der Waals surface area contributed by atoms with Crippen molar-refractivity contribution < 1.29 is 27.5 Å². The number of sulfonamides is 1. The molecule has 1 heterocycles. The second-order valence-corrected chi connectivity index (χ2v) is 11.9. The Hall–Kier alpha value is -2.79. The first kappa shape index (κ1) is 27.8. The summed E-state index contributed by atoms with van der Waals surface area (Å²) in [7, 11) is -3.84. The molecule has 9 nitrogen and oxygen atoms in total. The van der Waals surface area contributed by atoms with E-state index in [2.05, 4.69) is 21.2 Å². The van der Waals surface area contributed by atoms with E-state index in [1.54, 1.807) is 25.1 Å². The van der Waals surface area contributed by atoms with Crippen molar-refractivity contribution in [3.63, 3.8) is 0 Å². The van der Waals surface area contributed by atoms with Crippen LogP contribution in [-0.4, -0.2) is 63.7 Å². The Morgan fingerprint density at radius 1 is 1.06 bits per heavy atom. The summed E-state index contributed by atoms with van der Waals surface area (Å²) in [5, 5.41) is 2.86. The molecule has 1 N–H and O–H groups in total. The molecule has 3 rings (SSSR count). The van der Waals surface area contributed by atoms with Crippen LogP contribution in [0.3, 0.4) is 0 Å². The molecule has 2 amide bonds. The van der Waals surface area contributed by atoms with Crippen LogP contribution in [0.1, 0.15) is 26.3 Å². The molecule has 1 aliphatic rings. The number of halogens is 1. The Kier molecular flexibility index (Phi) is 9.24. The zero-order chi connectivity index (χ0) is 26.5. The fourth-order valence-electron chi connectivity index (χ4n) is 3.67. The molecule has 36 heavy (non-hydrogen) atoms. The molecule has 0 aromatic heterocycles. The first-order valence-electron chi connectivity index (χ1n) is 11.6. The highest BCUT2D eigenvalue weighted by Gasteiger charge is 2.30. The molecule has 0 fully saturated rings. The Morgan fingerprint density at radius 3 is 2.39 bits per heavy atom. The first-order valence-corrected chi connectivity index (χ1v) is 14.3. The van der Waals surface area contributed by atoms with Gasteiger partial charge in [-0.05, 0) is 42.7 Å². The van der Waals surface area contributed by atoms with E-state index in [0.717, 1.165) is 20.6 Å². The van der Waals surface area contributed by atoms with Gasteiger partial charge in [-0.1, -0.05) is 41.9 Å². The Morgan fingerprint density at radius 2 is 1.75 bits per heavy atom. The van der Waals surface area contributed by atoms with Gasteiger partial charge in [0.15, 0.2) is 11.5 Å². The number of benzene rings is 2. The van der Waals surface area contributed by atoms with Crippen LogP contribution in [0.2, 0.25) is 0 Å². The SMILES string of the molecule is CC(C)CNC(=O)C(C)N(Cc1cccc(Br)c1)C(=O)CN(c1ccc2c(c1)OCCO2)S(C)(=O)=O. The van der Waals surface area contributed by atoms with Crippen molar-refractivity contribution in [2.24, 2.45) is 5.92 Å². The predicted molar refractivity (Wildman–Crippen MR) is 142 cm³/mol. The van der Waals surface area contributed by atoms with Crippen molar-refractivity contribution in [1.82, 2.24) is 10.2 Å². The molecular weight excluding hydrogens is 550 g/mol. The average molecular weight is 583 g/mol. The number of nitrogens with zero attached hydrogens (tertiary/aromatic N) is 2. The molecule has 1 atom stereocenters. The van der Waals surface area contributed by atoms with Crippen molar-refractivity contribution in [3.8, 4) is 11.5 Å². The molecule has 1 aliphatic heterocycles. The third-order valence-electron chi connectivity index (χ3n) is 5.59. The lowest BCUT2D eigenvalue weighted by atomic mass is 10.1. The third kappa shape index (κ3) is 7.36.